The van der Waals surface area contributed by atoms with Crippen LogP contribution in [-0.4, -0.2) is 33.2 Å². The SMILES string of the molecule is CCCCCCCCCCCCOc1nc2c(OC)ncnc2n1Cc1ccccc1. The van der Waals surface area contributed by atoms with E-state index in [1.165, 1.54) is 69.7 Å². The van der Waals surface area contributed by atoms with Gasteiger partial charge in [0.1, 0.15) is 6.33 Å². The van der Waals surface area contributed by atoms with Gasteiger partial charge in [0.15, 0.2) is 11.2 Å². The Bertz CT molecular complexity index is 895. The summed E-state index contributed by atoms with van der Waals surface area (Å²) in [6.07, 6.45) is 14.6. The Labute approximate surface area is 186 Å². The summed E-state index contributed by atoms with van der Waals surface area (Å²) in [6.45, 7) is 3.57. The lowest BCUT2D eigenvalue weighted by atomic mass is 10.1. The zero-order valence-corrected chi connectivity index (χ0v) is 19.1. The number of ether oxygens (including phenoxy) is 2. The first kappa shape index (κ1) is 23.0. The van der Waals surface area contributed by atoms with Crippen LogP contribution in [-0.2, 0) is 6.54 Å². The van der Waals surface area contributed by atoms with Crippen LogP contribution in [0.4, 0.5) is 0 Å². The van der Waals surface area contributed by atoms with Gasteiger partial charge in [0.05, 0.1) is 20.3 Å². The van der Waals surface area contributed by atoms with Crippen LogP contribution in [0.25, 0.3) is 11.2 Å². The van der Waals surface area contributed by atoms with Crippen LogP contribution in [0.1, 0.15) is 76.7 Å². The minimum atomic E-state index is 0.473. The molecule has 3 rings (SSSR count). The third-order valence-corrected chi connectivity index (χ3v) is 5.57. The lowest BCUT2D eigenvalue weighted by Crippen LogP contribution is -2.07. The molecular weight excluding hydrogens is 388 g/mol. The maximum Gasteiger partial charge on any atom is 0.299 e. The van der Waals surface area contributed by atoms with Crippen LogP contribution in [0, 0.1) is 0 Å². The van der Waals surface area contributed by atoms with Crippen molar-refractivity contribution in [2.24, 2.45) is 0 Å². The van der Waals surface area contributed by atoms with Crippen LogP contribution in [0.3, 0.4) is 0 Å². The highest BCUT2D eigenvalue weighted by atomic mass is 16.5. The molecule has 0 aliphatic rings. The van der Waals surface area contributed by atoms with E-state index in [0.717, 1.165) is 12.1 Å². The van der Waals surface area contributed by atoms with Gasteiger partial charge in [0.2, 0.25) is 5.88 Å². The summed E-state index contributed by atoms with van der Waals surface area (Å²) in [5.41, 5.74) is 2.54. The second-order valence-electron chi connectivity index (χ2n) is 8.05. The van der Waals surface area contributed by atoms with E-state index in [1.54, 1.807) is 7.11 Å². The van der Waals surface area contributed by atoms with Crippen LogP contribution in [0.15, 0.2) is 36.7 Å². The van der Waals surface area contributed by atoms with Crippen LogP contribution in [0.5, 0.6) is 11.9 Å². The molecule has 0 saturated heterocycles. The summed E-state index contributed by atoms with van der Waals surface area (Å²) in [4.78, 5) is 13.3. The molecule has 1 aromatic carbocycles. The lowest BCUT2D eigenvalue weighted by molar-refractivity contribution is 0.271. The van der Waals surface area contributed by atoms with Crippen LogP contribution >= 0.6 is 0 Å². The second-order valence-corrected chi connectivity index (χ2v) is 8.05. The number of methoxy groups -OCH3 is 1. The fraction of sp³-hybridized carbons (Fsp3) is 0.560. The summed E-state index contributed by atoms with van der Waals surface area (Å²) in [7, 11) is 1.60. The number of imidazole rings is 1. The zero-order valence-electron chi connectivity index (χ0n) is 19.1. The first-order chi connectivity index (χ1) is 15.3. The normalized spacial score (nSPS) is 11.2. The highest BCUT2D eigenvalue weighted by Crippen LogP contribution is 2.26. The molecule has 0 bridgehead atoms. The molecular formula is C25H36N4O2. The van der Waals surface area contributed by atoms with E-state index < -0.39 is 0 Å². The van der Waals surface area contributed by atoms with Gasteiger partial charge in [-0.05, 0) is 12.0 Å². The van der Waals surface area contributed by atoms with E-state index in [0.29, 0.717) is 30.6 Å². The number of unbranched alkanes of at least 4 members (excludes halogenated alkanes) is 9. The summed E-state index contributed by atoms with van der Waals surface area (Å²) in [6, 6.07) is 10.9. The Morgan fingerprint density at radius 2 is 1.52 bits per heavy atom. The van der Waals surface area contributed by atoms with Crippen molar-refractivity contribution in [1.82, 2.24) is 19.5 Å². The third-order valence-electron chi connectivity index (χ3n) is 5.57. The minimum absolute atomic E-state index is 0.473. The Morgan fingerprint density at radius 3 is 2.19 bits per heavy atom. The van der Waals surface area contributed by atoms with Crippen LogP contribution in [0.2, 0.25) is 0 Å². The van der Waals surface area contributed by atoms with Crippen molar-refractivity contribution in [1.29, 1.82) is 0 Å². The number of nitrogens with zero attached hydrogens (tertiary/aromatic N) is 4. The van der Waals surface area contributed by atoms with Crippen molar-refractivity contribution in [3.8, 4) is 11.9 Å². The largest absolute Gasteiger partial charge is 0.479 e. The summed E-state index contributed by atoms with van der Waals surface area (Å²) in [5, 5.41) is 0. The van der Waals surface area contributed by atoms with Gasteiger partial charge in [0, 0.05) is 0 Å². The van der Waals surface area contributed by atoms with E-state index in [4.69, 9.17) is 9.47 Å². The third kappa shape index (κ3) is 6.94. The van der Waals surface area contributed by atoms with Crippen molar-refractivity contribution in [2.45, 2.75) is 77.7 Å². The van der Waals surface area contributed by atoms with Gasteiger partial charge in [-0.3, -0.25) is 4.57 Å². The topological polar surface area (TPSA) is 62.1 Å². The number of hydrogen-bond acceptors (Lipinski definition) is 5. The van der Waals surface area contributed by atoms with Crippen molar-refractivity contribution < 1.29 is 9.47 Å². The second kappa shape index (κ2) is 12.9. The van der Waals surface area contributed by atoms with Crippen molar-refractivity contribution in [3.05, 3.63) is 42.2 Å². The monoisotopic (exact) mass is 424 g/mol. The molecule has 0 unspecified atom stereocenters. The molecule has 2 aromatic heterocycles. The molecule has 0 atom stereocenters. The maximum atomic E-state index is 6.09. The van der Waals surface area contributed by atoms with E-state index >= 15 is 0 Å². The van der Waals surface area contributed by atoms with E-state index in [-0.39, 0.29) is 0 Å². The molecule has 0 spiro atoms. The average Bonchev–Trinajstić information content (AvgIpc) is 3.15. The lowest BCUT2D eigenvalue weighted by Gasteiger charge is -2.10. The van der Waals surface area contributed by atoms with Gasteiger partial charge in [-0.25, -0.2) is 4.98 Å². The Morgan fingerprint density at radius 1 is 0.839 bits per heavy atom. The molecule has 0 N–H and O–H groups in total. The predicted octanol–water partition coefficient (Wildman–Crippen LogP) is 6.18. The highest BCUT2D eigenvalue weighted by Gasteiger charge is 2.17. The fourth-order valence-corrected chi connectivity index (χ4v) is 3.82. The molecule has 0 aliphatic heterocycles. The molecule has 0 amide bonds. The fourth-order valence-electron chi connectivity index (χ4n) is 3.82. The number of hydrogen-bond donors (Lipinski definition) is 0. The molecule has 2 heterocycles. The number of fused-ring (bicyclic) bond motifs is 1. The van der Waals surface area contributed by atoms with E-state index in [1.807, 2.05) is 22.8 Å². The molecule has 0 aliphatic carbocycles. The van der Waals surface area contributed by atoms with Gasteiger partial charge in [-0.2, -0.15) is 9.97 Å². The number of rotatable bonds is 15. The molecule has 168 valence electrons. The molecule has 0 fully saturated rings. The predicted molar refractivity (Wildman–Crippen MR) is 125 cm³/mol. The van der Waals surface area contributed by atoms with Gasteiger partial charge in [0.25, 0.3) is 6.01 Å². The van der Waals surface area contributed by atoms with Crippen molar-refractivity contribution >= 4 is 11.2 Å². The van der Waals surface area contributed by atoms with Gasteiger partial charge < -0.3 is 9.47 Å². The molecule has 31 heavy (non-hydrogen) atoms. The van der Waals surface area contributed by atoms with Gasteiger partial charge >= 0.3 is 0 Å². The minimum Gasteiger partial charge on any atom is -0.479 e. The van der Waals surface area contributed by atoms with E-state index in [2.05, 4.69) is 34.0 Å². The first-order valence-electron chi connectivity index (χ1n) is 11.8. The molecule has 6 heteroatoms. The average molecular weight is 425 g/mol. The Balaban J connectivity index is 1.52. The number of benzene rings is 1. The summed E-state index contributed by atoms with van der Waals surface area (Å²) < 4.78 is 13.5. The summed E-state index contributed by atoms with van der Waals surface area (Å²) in [5.74, 6) is 0.473. The molecule has 0 radical (unpaired) electrons. The Kier molecular flexibility index (Phi) is 9.61. The van der Waals surface area contributed by atoms with Crippen molar-refractivity contribution in [2.75, 3.05) is 13.7 Å². The smallest absolute Gasteiger partial charge is 0.299 e. The molecule has 6 nitrogen and oxygen atoms in total. The summed E-state index contributed by atoms with van der Waals surface area (Å²) >= 11 is 0. The molecule has 0 saturated carbocycles. The quantitative estimate of drug-likeness (QED) is 0.272. The van der Waals surface area contributed by atoms with Crippen LogP contribution < -0.4 is 9.47 Å². The van der Waals surface area contributed by atoms with Crippen molar-refractivity contribution in [3.63, 3.8) is 0 Å². The standard InChI is InChI=1S/C25H36N4O2/c1-3-4-5-6-7-8-9-10-11-15-18-31-25-28-22-23(26-20-27-24(22)30-2)29(25)19-21-16-13-12-14-17-21/h12-14,16-17,20H,3-11,15,18-19H2,1-2H3. The Hall–Kier alpha value is -2.63. The molecule has 3 aromatic rings. The maximum absolute atomic E-state index is 6.09. The van der Waals surface area contributed by atoms with Gasteiger partial charge in [-0.15, -0.1) is 0 Å². The zero-order chi connectivity index (χ0) is 21.7. The first-order valence-corrected chi connectivity index (χ1v) is 11.8. The number of aromatic nitrogens is 4. The highest BCUT2D eigenvalue weighted by molar-refractivity contribution is 5.77. The van der Waals surface area contributed by atoms with E-state index in [9.17, 15) is 0 Å². The van der Waals surface area contributed by atoms with Gasteiger partial charge in [-0.1, -0.05) is 95.0 Å².